The van der Waals surface area contributed by atoms with Crippen molar-refractivity contribution < 1.29 is 14.3 Å². The van der Waals surface area contributed by atoms with Gasteiger partial charge in [0.05, 0.1) is 22.7 Å². The van der Waals surface area contributed by atoms with Crippen molar-refractivity contribution in [1.29, 1.82) is 0 Å². The number of aromatic nitrogens is 3. The quantitative estimate of drug-likeness (QED) is 0.166. The van der Waals surface area contributed by atoms with E-state index in [2.05, 4.69) is 38.8 Å². The van der Waals surface area contributed by atoms with Crippen LogP contribution in [0.25, 0.3) is 10.9 Å². The molecule has 4 aromatic rings. The van der Waals surface area contributed by atoms with Crippen LogP contribution in [0.3, 0.4) is 0 Å². The topological polar surface area (TPSA) is 95.6 Å². The van der Waals surface area contributed by atoms with Gasteiger partial charge in [-0.15, -0.1) is 0 Å². The summed E-state index contributed by atoms with van der Waals surface area (Å²) >= 11 is 12.2. The van der Waals surface area contributed by atoms with E-state index in [1.54, 1.807) is 55.6 Å². The van der Waals surface area contributed by atoms with Crippen LogP contribution in [0.2, 0.25) is 28.2 Å². The van der Waals surface area contributed by atoms with Gasteiger partial charge in [-0.05, 0) is 60.4 Å². The van der Waals surface area contributed by atoms with Crippen LogP contribution >= 0.6 is 23.2 Å². The average molecular weight is 617 g/mol. The van der Waals surface area contributed by atoms with Gasteiger partial charge < -0.3 is 14.3 Å². The zero-order chi connectivity index (χ0) is 30.1. The molecule has 1 atom stereocenters. The third-order valence-electron chi connectivity index (χ3n) is 7.66. The van der Waals surface area contributed by atoms with E-state index in [1.165, 1.54) is 15.3 Å². The van der Waals surface area contributed by atoms with Crippen LogP contribution in [0, 0.1) is 0 Å². The molecule has 0 fully saturated rings. The first kappa shape index (κ1) is 31.0. The summed E-state index contributed by atoms with van der Waals surface area (Å²) in [5.41, 5.74) is -0.141. The van der Waals surface area contributed by atoms with Crippen molar-refractivity contribution >= 4 is 42.4 Å². The maximum Gasteiger partial charge on any atom is 0.331 e. The summed E-state index contributed by atoms with van der Waals surface area (Å²) in [7, 11) is -0.413. The number of halogens is 2. The summed E-state index contributed by atoms with van der Waals surface area (Å²) in [5, 5.41) is 12.7. The van der Waals surface area contributed by atoms with E-state index in [1.807, 2.05) is 0 Å². The number of fused-ring (bicyclic) bond motifs is 1. The maximum atomic E-state index is 14.0. The van der Waals surface area contributed by atoms with Crippen LogP contribution < -0.4 is 16.0 Å². The minimum Gasteiger partial charge on any atom is -0.439 e. The third kappa shape index (κ3) is 6.60. The number of hydrogen-bond acceptors (Lipinski definition) is 6. The summed E-state index contributed by atoms with van der Waals surface area (Å²) in [4.78, 5) is 31.7. The summed E-state index contributed by atoms with van der Waals surface area (Å²) in [5.74, 6) is 0.396. The van der Waals surface area contributed by atoms with Gasteiger partial charge in [-0.1, -0.05) is 62.2 Å². The fourth-order valence-corrected chi connectivity index (χ4v) is 5.63. The van der Waals surface area contributed by atoms with Crippen LogP contribution in [0.4, 0.5) is 0 Å². The fraction of sp³-hybridized carbons (Fsp3) is 0.367. The molecular formula is C30H35Cl2N3O5Si. The highest BCUT2D eigenvalue weighted by molar-refractivity contribution is 6.74. The fourth-order valence-electron chi connectivity index (χ4n) is 4.24. The molecule has 218 valence electrons. The SMILES string of the molecule is Cn1c(=O)n(CCCO[Si](C)(C)C(C)(C)C)c(=O)c2c(C(O)c3ccc(Cl)cc3)c(Oc3cccc(Cl)c3)ncc21. The number of nitrogens with zero attached hydrogens (tertiary/aromatic N) is 3. The molecule has 41 heavy (non-hydrogen) atoms. The van der Waals surface area contributed by atoms with Crippen LogP contribution in [0.15, 0.2) is 64.3 Å². The van der Waals surface area contributed by atoms with E-state index in [4.69, 9.17) is 32.4 Å². The van der Waals surface area contributed by atoms with Gasteiger partial charge in [0.1, 0.15) is 11.9 Å². The molecule has 2 aromatic carbocycles. The lowest BCUT2D eigenvalue weighted by atomic mass is 9.99. The molecule has 0 saturated carbocycles. The van der Waals surface area contributed by atoms with Gasteiger partial charge in [0.25, 0.3) is 5.56 Å². The normalized spacial score (nSPS) is 13.0. The van der Waals surface area contributed by atoms with Gasteiger partial charge in [-0.25, -0.2) is 9.78 Å². The van der Waals surface area contributed by atoms with Crippen LogP contribution in [0.1, 0.15) is 44.4 Å². The second-order valence-electron chi connectivity index (χ2n) is 11.5. The molecule has 0 spiro atoms. The lowest BCUT2D eigenvalue weighted by Crippen LogP contribution is -2.42. The van der Waals surface area contributed by atoms with E-state index >= 15 is 0 Å². The minimum absolute atomic E-state index is 0.0192. The monoisotopic (exact) mass is 615 g/mol. The van der Waals surface area contributed by atoms with Gasteiger partial charge in [-0.3, -0.25) is 13.9 Å². The summed E-state index contributed by atoms with van der Waals surface area (Å²) < 4.78 is 14.9. The minimum atomic E-state index is -1.99. The van der Waals surface area contributed by atoms with E-state index < -0.39 is 25.7 Å². The standard InChI is InChI=1S/C30H35Cl2N3O5Si/c1-30(2,3)41(5,6)39-16-8-15-35-28(37)24-23(34(4)29(35)38)18-33-27(40-22-10-7-9-21(32)17-22)25(24)26(36)19-11-13-20(31)14-12-19/h7,9-14,17-18,26,36H,8,15-16H2,1-6H3. The first-order valence-corrected chi connectivity index (χ1v) is 17.0. The average Bonchev–Trinajstić information content (AvgIpc) is 2.90. The molecule has 11 heteroatoms. The summed E-state index contributed by atoms with van der Waals surface area (Å²) in [6.45, 7) is 11.4. The van der Waals surface area contributed by atoms with Crippen molar-refractivity contribution in [2.24, 2.45) is 7.05 Å². The number of hydrogen-bond donors (Lipinski definition) is 1. The van der Waals surface area contributed by atoms with E-state index in [9.17, 15) is 14.7 Å². The molecule has 2 heterocycles. The van der Waals surface area contributed by atoms with Crippen molar-refractivity contribution in [1.82, 2.24) is 14.1 Å². The Bertz CT molecular complexity index is 1680. The van der Waals surface area contributed by atoms with Crippen LogP contribution in [-0.2, 0) is 18.0 Å². The Morgan fingerprint density at radius 3 is 2.37 bits per heavy atom. The van der Waals surface area contributed by atoms with Crippen molar-refractivity contribution in [2.75, 3.05) is 6.61 Å². The smallest absolute Gasteiger partial charge is 0.331 e. The highest BCUT2D eigenvalue weighted by Crippen LogP contribution is 2.37. The Labute approximate surface area is 250 Å². The molecule has 1 N–H and O–H groups in total. The molecule has 8 nitrogen and oxygen atoms in total. The summed E-state index contributed by atoms with van der Waals surface area (Å²) in [6, 6.07) is 13.3. The molecule has 0 aliphatic rings. The number of aryl methyl sites for hydroxylation is 1. The number of ether oxygens (including phenoxy) is 1. The van der Waals surface area contributed by atoms with Crippen LogP contribution in [-0.4, -0.2) is 34.1 Å². The Morgan fingerprint density at radius 2 is 1.73 bits per heavy atom. The third-order valence-corrected chi connectivity index (χ3v) is 12.7. The Kier molecular flexibility index (Phi) is 9.15. The highest BCUT2D eigenvalue weighted by Gasteiger charge is 2.37. The van der Waals surface area contributed by atoms with E-state index in [-0.39, 0.29) is 33.9 Å². The number of aliphatic hydroxyl groups is 1. The zero-order valence-electron chi connectivity index (χ0n) is 24.1. The molecule has 0 bridgehead atoms. The molecule has 1 unspecified atom stereocenters. The van der Waals surface area contributed by atoms with E-state index in [0.29, 0.717) is 34.4 Å². The summed E-state index contributed by atoms with van der Waals surface area (Å²) in [6.07, 6.45) is 0.568. The Morgan fingerprint density at radius 1 is 1.05 bits per heavy atom. The molecule has 0 radical (unpaired) electrons. The largest absolute Gasteiger partial charge is 0.439 e. The zero-order valence-corrected chi connectivity index (χ0v) is 26.6. The van der Waals surface area contributed by atoms with Crippen molar-refractivity contribution in [3.63, 3.8) is 0 Å². The first-order chi connectivity index (χ1) is 19.2. The highest BCUT2D eigenvalue weighted by atomic mass is 35.5. The lowest BCUT2D eigenvalue weighted by Gasteiger charge is -2.36. The number of aliphatic hydroxyl groups excluding tert-OH is 1. The van der Waals surface area contributed by atoms with Crippen LogP contribution in [0.5, 0.6) is 11.6 Å². The van der Waals surface area contributed by atoms with Gasteiger partial charge in [0, 0.05) is 30.2 Å². The number of pyridine rings is 1. The molecule has 0 aliphatic carbocycles. The van der Waals surface area contributed by atoms with Gasteiger partial charge in [0.2, 0.25) is 5.88 Å². The Hall–Kier alpha value is -2.95. The second kappa shape index (κ2) is 12.1. The van der Waals surface area contributed by atoms with Crippen molar-refractivity contribution in [2.45, 2.75) is 58.0 Å². The first-order valence-electron chi connectivity index (χ1n) is 13.3. The van der Waals surface area contributed by atoms with Crippen molar-refractivity contribution in [3.8, 4) is 11.6 Å². The molecule has 0 aliphatic heterocycles. The van der Waals surface area contributed by atoms with Gasteiger partial charge in [0.15, 0.2) is 8.32 Å². The van der Waals surface area contributed by atoms with Gasteiger partial charge in [-0.2, -0.15) is 0 Å². The van der Waals surface area contributed by atoms with Crippen molar-refractivity contribution in [3.05, 3.63) is 96.7 Å². The predicted molar refractivity (Wildman–Crippen MR) is 166 cm³/mol. The van der Waals surface area contributed by atoms with E-state index in [0.717, 1.165) is 0 Å². The molecule has 2 aromatic heterocycles. The lowest BCUT2D eigenvalue weighted by molar-refractivity contribution is 0.216. The molecular weight excluding hydrogens is 581 g/mol. The molecule has 4 rings (SSSR count). The maximum absolute atomic E-state index is 14.0. The molecule has 0 amide bonds. The molecule has 0 saturated heterocycles. The number of benzene rings is 2. The second-order valence-corrected chi connectivity index (χ2v) is 17.2. The van der Waals surface area contributed by atoms with Gasteiger partial charge >= 0.3 is 5.69 Å². The number of rotatable bonds is 9. The Balaban J connectivity index is 1.84. The predicted octanol–water partition coefficient (Wildman–Crippen LogP) is 6.69.